The van der Waals surface area contributed by atoms with E-state index in [9.17, 15) is 4.79 Å². The Labute approximate surface area is 186 Å². The number of hydrogen-bond acceptors (Lipinski definition) is 3. The zero-order valence-corrected chi connectivity index (χ0v) is 18.3. The summed E-state index contributed by atoms with van der Waals surface area (Å²) >= 11 is 0. The van der Waals surface area contributed by atoms with Crippen LogP contribution in [-0.4, -0.2) is 47.4 Å². The van der Waals surface area contributed by atoms with E-state index in [1.807, 2.05) is 17.0 Å². The lowest BCUT2D eigenvalue weighted by Crippen LogP contribution is -2.50. The summed E-state index contributed by atoms with van der Waals surface area (Å²) < 4.78 is 0. The Balaban J connectivity index is 0.00000150. The lowest BCUT2D eigenvalue weighted by atomic mass is 9.95. The molecule has 2 N–H and O–H groups in total. The number of benzene rings is 2. The number of rotatable bonds is 4. The number of amides is 1. The molecule has 4 rings (SSSR count). The van der Waals surface area contributed by atoms with E-state index >= 15 is 0 Å². The highest BCUT2D eigenvalue weighted by Crippen LogP contribution is 2.29. The fourth-order valence-corrected chi connectivity index (χ4v) is 4.55. The molecule has 0 radical (unpaired) electrons. The molecule has 2 fully saturated rings. The van der Waals surface area contributed by atoms with Gasteiger partial charge < -0.3 is 10.6 Å². The maximum absolute atomic E-state index is 13.4. The summed E-state index contributed by atoms with van der Waals surface area (Å²) in [5, 5.41) is 0. The van der Waals surface area contributed by atoms with Crippen molar-refractivity contribution >= 4 is 30.7 Å². The van der Waals surface area contributed by atoms with Crippen LogP contribution in [0.3, 0.4) is 0 Å². The van der Waals surface area contributed by atoms with Gasteiger partial charge in [-0.3, -0.25) is 9.69 Å². The molecule has 0 spiro atoms. The van der Waals surface area contributed by atoms with Crippen LogP contribution in [-0.2, 0) is 11.3 Å². The molecule has 0 aliphatic carbocycles. The van der Waals surface area contributed by atoms with E-state index in [0.717, 1.165) is 32.5 Å². The van der Waals surface area contributed by atoms with Gasteiger partial charge in [-0.15, -0.1) is 24.8 Å². The molecular formula is C23H31Cl2N3O. The second-order valence-electron chi connectivity index (χ2n) is 7.89. The molecule has 2 aliphatic rings. The van der Waals surface area contributed by atoms with Gasteiger partial charge in [-0.05, 0) is 30.5 Å². The summed E-state index contributed by atoms with van der Waals surface area (Å²) in [5.74, 6) is 0.501. The summed E-state index contributed by atoms with van der Waals surface area (Å²) in [6.07, 6.45) is 3.25. The molecule has 2 heterocycles. The number of hydrogen-bond donors (Lipinski definition) is 1. The van der Waals surface area contributed by atoms with Crippen LogP contribution in [0.2, 0.25) is 0 Å². The first-order valence-electron chi connectivity index (χ1n) is 10.1. The molecule has 2 saturated heterocycles. The molecular weight excluding hydrogens is 405 g/mol. The van der Waals surface area contributed by atoms with Gasteiger partial charge in [0.25, 0.3) is 0 Å². The largest absolute Gasteiger partial charge is 0.339 e. The van der Waals surface area contributed by atoms with E-state index in [1.54, 1.807) is 0 Å². The molecule has 3 atom stereocenters. The van der Waals surface area contributed by atoms with Crippen LogP contribution in [0, 0.1) is 0 Å². The van der Waals surface area contributed by atoms with E-state index in [2.05, 4.69) is 53.4 Å². The molecule has 0 aromatic heterocycles. The molecule has 0 saturated carbocycles. The summed E-state index contributed by atoms with van der Waals surface area (Å²) in [6, 6.07) is 20.9. The third kappa shape index (κ3) is 5.52. The number of nitrogens with two attached hydrogens (primary N) is 1. The molecule has 1 amide bonds. The Bertz CT molecular complexity index is 759. The predicted octanol–water partition coefficient (Wildman–Crippen LogP) is 3.84. The Hall–Kier alpha value is -1.59. The molecule has 2 aromatic carbocycles. The number of carbonyl (C=O) groups excluding carboxylic acids is 1. The zero-order valence-electron chi connectivity index (χ0n) is 16.7. The van der Waals surface area contributed by atoms with Gasteiger partial charge in [0.2, 0.25) is 5.91 Å². The molecule has 1 unspecified atom stereocenters. The van der Waals surface area contributed by atoms with Gasteiger partial charge in [-0.25, -0.2) is 0 Å². The highest BCUT2D eigenvalue weighted by molar-refractivity contribution is 5.85. The van der Waals surface area contributed by atoms with Gasteiger partial charge in [0.1, 0.15) is 0 Å². The van der Waals surface area contributed by atoms with Crippen LogP contribution in [0.4, 0.5) is 0 Å². The fourth-order valence-electron chi connectivity index (χ4n) is 4.55. The monoisotopic (exact) mass is 435 g/mol. The summed E-state index contributed by atoms with van der Waals surface area (Å²) in [5.41, 5.74) is 8.94. The molecule has 2 aromatic rings. The average Bonchev–Trinajstić information content (AvgIpc) is 3.11. The first-order chi connectivity index (χ1) is 13.2. The topological polar surface area (TPSA) is 49.6 Å². The minimum Gasteiger partial charge on any atom is -0.339 e. The van der Waals surface area contributed by atoms with E-state index in [1.165, 1.54) is 17.5 Å². The van der Waals surface area contributed by atoms with Crippen LogP contribution in [0.5, 0.6) is 0 Å². The number of nitrogens with zero attached hydrogens (tertiary/aromatic N) is 2. The quantitative estimate of drug-likeness (QED) is 0.793. The SMILES string of the molecule is Cl.Cl.N[C@@H]1CN(C(=O)C2CCCCN2Cc2ccccc2)C[C@H]1c1ccccc1. The van der Waals surface area contributed by atoms with Gasteiger partial charge in [0, 0.05) is 31.6 Å². The smallest absolute Gasteiger partial charge is 0.240 e. The predicted molar refractivity (Wildman–Crippen MR) is 123 cm³/mol. The van der Waals surface area contributed by atoms with Crippen LogP contribution in [0.1, 0.15) is 36.3 Å². The van der Waals surface area contributed by atoms with Crippen LogP contribution < -0.4 is 5.73 Å². The summed E-state index contributed by atoms with van der Waals surface area (Å²) in [7, 11) is 0. The zero-order chi connectivity index (χ0) is 18.6. The van der Waals surface area contributed by atoms with Crippen molar-refractivity contribution in [2.45, 2.75) is 43.8 Å². The van der Waals surface area contributed by atoms with Gasteiger partial charge >= 0.3 is 0 Å². The third-order valence-corrected chi connectivity index (χ3v) is 6.03. The van der Waals surface area contributed by atoms with Gasteiger partial charge in [0.15, 0.2) is 0 Å². The Morgan fingerprint density at radius 3 is 2.28 bits per heavy atom. The van der Waals surface area contributed by atoms with Crippen molar-refractivity contribution in [3.63, 3.8) is 0 Å². The van der Waals surface area contributed by atoms with E-state index in [0.29, 0.717) is 6.54 Å². The van der Waals surface area contributed by atoms with Crippen molar-refractivity contribution in [2.24, 2.45) is 5.73 Å². The molecule has 158 valence electrons. The molecule has 29 heavy (non-hydrogen) atoms. The Kier molecular flexibility index (Phi) is 8.97. The molecule has 4 nitrogen and oxygen atoms in total. The second kappa shape index (κ2) is 11.0. The number of likely N-dealkylation sites (tertiary alicyclic amines) is 2. The lowest BCUT2D eigenvalue weighted by Gasteiger charge is -2.36. The number of piperidine rings is 1. The Morgan fingerprint density at radius 1 is 0.931 bits per heavy atom. The normalized spacial score (nSPS) is 24.4. The van der Waals surface area contributed by atoms with Crippen LogP contribution in [0.25, 0.3) is 0 Å². The maximum Gasteiger partial charge on any atom is 0.240 e. The van der Waals surface area contributed by atoms with Gasteiger partial charge in [-0.2, -0.15) is 0 Å². The maximum atomic E-state index is 13.4. The van der Waals surface area contributed by atoms with Crippen molar-refractivity contribution in [1.82, 2.24) is 9.80 Å². The first-order valence-corrected chi connectivity index (χ1v) is 10.1. The summed E-state index contributed by atoms with van der Waals surface area (Å²) in [4.78, 5) is 17.7. The van der Waals surface area contributed by atoms with E-state index in [-0.39, 0.29) is 48.7 Å². The van der Waals surface area contributed by atoms with E-state index in [4.69, 9.17) is 5.73 Å². The standard InChI is InChI=1S/C23H29N3O.2ClH/c24-21-17-26(16-20(21)19-11-5-2-6-12-19)23(27)22-13-7-8-14-25(22)15-18-9-3-1-4-10-18;;/h1-6,9-12,20-22H,7-8,13-17,24H2;2*1H/t20-,21+,22?;;/m0../s1. The van der Waals surface area contributed by atoms with Gasteiger partial charge in [-0.1, -0.05) is 67.1 Å². The second-order valence-corrected chi connectivity index (χ2v) is 7.89. The fraction of sp³-hybridized carbons (Fsp3) is 0.435. The van der Waals surface area contributed by atoms with Gasteiger partial charge in [0.05, 0.1) is 6.04 Å². The van der Waals surface area contributed by atoms with Crippen LogP contribution >= 0.6 is 24.8 Å². The highest BCUT2D eigenvalue weighted by atomic mass is 35.5. The van der Waals surface area contributed by atoms with Crippen molar-refractivity contribution in [2.75, 3.05) is 19.6 Å². The Morgan fingerprint density at radius 2 is 1.59 bits per heavy atom. The highest BCUT2D eigenvalue weighted by Gasteiger charge is 2.38. The average molecular weight is 436 g/mol. The minimum absolute atomic E-state index is 0. The molecule has 0 bridgehead atoms. The van der Waals surface area contributed by atoms with Crippen molar-refractivity contribution in [3.05, 3.63) is 71.8 Å². The minimum atomic E-state index is -0.0133. The number of carbonyl (C=O) groups is 1. The summed E-state index contributed by atoms with van der Waals surface area (Å²) in [6.45, 7) is 3.24. The number of halogens is 2. The molecule has 2 aliphatic heterocycles. The van der Waals surface area contributed by atoms with Crippen molar-refractivity contribution in [3.8, 4) is 0 Å². The first kappa shape index (κ1) is 23.7. The van der Waals surface area contributed by atoms with Crippen molar-refractivity contribution in [1.29, 1.82) is 0 Å². The van der Waals surface area contributed by atoms with Crippen molar-refractivity contribution < 1.29 is 4.79 Å². The molecule has 6 heteroatoms. The lowest BCUT2D eigenvalue weighted by molar-refractivity contribution is -0.137. The third-order valence-electron chi connectivity index (χ3n) is 6.03. The van der Waals surface area contributed by atoms with Crippen LogP contribution in [0.15, 0.2) is 60.7 Å². The van der Waals surface area contributed by atoms with E-state index < -0.39 is 0 Å².